The van der Waals surface area contributed by atoms with Crippen molar-refractivity contribution in [2.45, 2.75) is 24.5 Å². The molecule has 142 valence electrons. The molecule has 1 unspecified atom stereocenters. The molecular weight excluding hydrogens is 364 g/mol. The molecule has 6 nitrogen and oxygen atoms in total. The van der Waals surface area contributed by atoms with Crippen LogP contribution in [0.1, 0.15) is 24.3 Å². The Labute approximate surface area is 158 Å². The molecule has 0 spiro atoms. The second-order valence-corrected chi connectivity index (χ2v) is 8.68. The lowest BCUT2D eigenvalue weighted by Crippen LogP contribution is -2.20. The van der Waals surface area contributed by atoms with Crippen molar-refractivity contribution in [2.75, 3.05) is 20.2 Å². The van der Waals surface area contributed by atoms with Gasteiger partial charge in [0.2, 0.25) is 0 Å². The lowest BCUT2D eigenvalue weighted by atomic mass is 10.1. The highest BCUT2D eigenvalue weighted by Gasteiger charge is 2.27. The highest BCUT2D eigenvalue weighted by atomic mass is 32.2. The van der Waals surface area contributed by atoms with Crippen molar-refractivity contribution in [1.29, 1.82) is 0 Å². The zero-order valence-corrected chi connectivity index (χ0v) is 16.1. The Morgan fingerprint density at radius 2 is 1.89 bits per heavy atom. The number of likely N-dealkylation sites (N-methyl/N-ethyl adjacent to an activating group) is 1. The average molecular weight is 386 g/mol. The second-order valence-electron chi connectivity index (χ2n) is 6.89. The van der Waals surface area contributed by atoms with E-state index in [4.69, 9.17) is 4.74 Å². The van der Waals surface area contributed by atoms with Gasteiger partial charge in [0, 0.05) is 24.0 Å². The van der Waals surface area contributed by atoms with E-state index >= 15 is 0 Å². The van der Waals surface area contributed by atoms with Crippen LogP contribution < -0.4 is 4.74 Å². The highest BCUT2D eigenvalue weighted by Crippen LogP contribution is 2.36. The summed E-state index contributed by atoms with van der Waals surface area (Å²) in [4.78, 5) is 2.32. The molecule has 1 aliphatic rings. The van der Waals surface area contributed by atoms with Crippen LogP contribution in [0.15, 0.2) is 53.4 Å². The highest BCUT2D eigenvalue weighted by molar-refractivity contribution is 7.90. The molecule has 0 aliphatic carbocycles. The molecule has 0 saturated heterocycles. The Balaban J connectivity index is 2.02. The first kappa shape index (κ1) is 18.0. The van der Waals surface area contributed by atoms with Gasteiger partial charge in [-0.2, -0.15) is 0 Å². The van der Waals surface area contributed by atoms with Gasteiger partial charge in [-0.15, -0.1) is 0 Å². The first-order valence-electron chi connectivity index (χ1n) is 8.87. The van der Waals surface area contributed by atoms with Gasteiger partial charge in [-0.3, -0.25) is 4.90 Å². The Bertz CT molecular complexity index is 1090. The minimum absolute atomic E-state index is 0.188. The zero-order chi connectivity index (χ0) is 19.2. The van der Waals surface area contributed by atoms with Gasteiger partial charge in [0.25, 0.3) is 10.0 Å². The van der Waals surface area contributed by atoms with Crippen LogP contribution in [0.5, 0.6) is 5.75 Å². The van der Waals surface area contributed by atoms with E-state index in [9.17, 15) is 13.5 Å². The summed E-state index contributed by atoms with van der Waals surface area (Å²) in [6.45, 7) is 3.61. The van der Waals surface area contributed by atoms with E-state index in [2.05, 4.69) is 4.90 Å². The molecule has 2 heterocycles. The molecule has 0 amide bonds. The Morgan fingerprint density at radius 1 is 1.15 bits per heavy atom. The molecule has 1 N–H and O–H groups in total. The summed E-state index contributed by atoms with van der Waals surface area (Å²) in [5.74, 6) is 0.762. The Hall–Kier alpha value is -2.35. The van der Waals surface area contributed by atoms with Crippen LogP contribution in [0, 0.1) is 0 Å². The molecule has 1 aromatic heterocycles. The number of fused-ring (bicyclic) bond motifs is 3. The van der Waals surface area contributed by atoms with Gasteiger partial charge in [-0.25, -0.2) is 12.4 Å². The normalized spacial score (nSPS) is 16.6. The first-order valence-corrected chi connectivity index (χ1v) is 10.3. The standard InChI is InChI=1S/C20H22N2O4S/c1-14(23)19-12-16-17-13-21(2)10-11-26-20(17)9-8-18(16)22(19)27(24,25)15-6-4-3-5-7-15/h3-9,12,14,23H,10-11,13H2,1-2H3. The van der Waals surface area contributed by atoms with E-state index in [1.54, 1.807) is 49.4 Å². The van der Waals surface area contributed by atoms with Gasteiger partial charge in [0.05, 0.1) is 22.2 Å². The third kappa shape index (κ3) is 3.01. The largest absolute Gasteiger partial charge is 0.492 e. The number of rotatable bonds is 3. The summed E-state index contributed by atoms with van der Waals surface area (Å²) in [5.41, 5.74) is 1.83. The van der Waals surface area contributed by atoms with Crippen molar-refractivity contribution in [3.63, 3.8) is 0 Å². The number of ether oxygens (including phenoxy) is 1. The van der Waals surface area contributed by atoms with Gasteiger partial charge in [-0.1, -0.05) is 18.2 Å². The third-order valence-corrected chi connectivity index (χ3v) is 6.66. The molecule has 1 atom stereocenters. The van der Waals surface area contributed by atoms with E-state index in [0.29, 0.717) is 24.4 Å². The minimum atomic E-state index is -3.84. The van der Waals surface area contributed by atoms with Crippen molar-refractivity contribution in [3.8, 4) is 5.75 Å². The molecule has 0 saturated carbocycles. The molecule has 27 heavy (non-hydrogen) atoms. The monoisotopic (exact) mass is 386 g/mol. The molecular formula is C20H22N2O4S. The van der Waals surface area contributed by atoms with Crippen molar-refractivity contribution in [1.82, 2.24) is 8.87 Å². The maximum absolute atomic E-state index is 13.3. The van der Waals surface area contributed by atoms with E-state index in [1.165, 1.54) is 3.97 Å². The van der Waals surface area contributed by atoms with E-state index in [1.807, 2.05) is 13.1 Å². The van der Waals surface area contributed by atoms with Crippen LogP contribution in [-0.4, -0.2) is 42.6 Å². The molecule has 3 aromatic rings. The summed E-state index contributed by atoms with van der Waals surface area (Å²) in [6.07, 6.45) is -0.934. The summed E-state index contributed by atoms with van der Waals surface area (Å²) in [6, 6.07) is 13.6. The van der Waals surface area contributed by atoms with Crippen molar-refractivity contribution in [3.05, 3.63) is 59.8 Å². The minimum Gasteiger partial charge on any atom is -0.492 e. The molecule has 0 bridgehead atoms. The van der Waals surface area contributed by atoms with E-state index in [0.717, 1.165) is 23.2 Å². The topological polar surface area (TPSA) is 71.8 Å². The fourth-order valence-electron chi connectivity index (χ4n) is 3.53. The van der Waals surface area contributed by atoms with Crippen LogP contribution in [-0.2, 0) is 16.6 Å². The molecule has 1 aliphatic heterocycles. The maximum atomic E-state index is 13.3. The maximum Gasteiger partial charge on any atom is 0.268 e. The average Bonchev–Trinajstić information content (AvgIpc) is 2.95. The summed E-state index contributed by atoms with van der Waals surface area (Å²) < 4.78 is 33.8. The van der Waals surface area contributed by atoms with E-state index < -0.39 is 16.1 Å². The van der Waals surface area contributed by atoms with Crippen LogP contribution in [0.25, 0.3) is 10.9 Å². The quantitative estimate of drug-likeness (QED) is 0.749. The molecule has 7 heteroatoms. The number of aromatic nitrogens is 1. The molecule has 0 radical (unpaired) electrons. The van der Waals surface area contributed by atoms with E-state index in [-0.39, 0.29) is 4.90 Å². The smallest absolute Gasteiger partial charge is 0.268 e. The number of benzene rings is 2. The van der Waals surface area contributed by atoms with Gasteiger partial charge >= 0.3 is 0 Å². The Kier molecular flexibility index (Phi) is 4.46. The summed E-state index contributed by atoms with van der Waals surface area (Å²) in [7, 11) is -1.84. The van der Waals surface area contributed by atoms with Crippen LogP contribution in [0.2, 0.25) is 0 Å². The van der Waals surface area contributed by atoms with Gasteiger partial charge in [0.1, 0.15) is 12.4 Å². The first-order chi connectivity index (χ1) is 12.9. The van der Waals surface area contributed by atoms with Gasteiger partial charge in [0.15, 0.2) is 0 Å². The summed E-state index contributed by atoms with van der Waals surface area (Å²) >= 11 is 0. The zero-order valence-electron chi connectivity index (χ0n) is 15.3. The van der Waals surface area contributed by atoms with Crippen LogP contribution in [0.4, 0.5) is 0 Å². The molecule has 0 fully saturated rings. The summed E-state index contributed by atoms with van der Waals surface area (Å²) in [5, 5.41) is 11.1. The van der Waals surface area contributed by atoms with Crippen molar-refractivity contribution in [2.24, 2.45) is 0 Å². The molecule has 2 aromatic carbocycles. The van der Waals surface area contributed by atoms with Crippen LogP contribution in [0.3, 0.4) is 0 Å². The van der Waals surface area contributed by atoms with Gasteiger partial charge in [-0.05, 0) is 44.3 Å². The van der Waals surface area contributed by atoms with Crippen molar-refractivity contribution >= 4 is 20.9 Å². The third-order valence-electron chi connectivity index (χ3n) is 4.90. The predicted molar refractivity (Wildman–Crippen MR) is 103 cm³/mol. The SMILES string of the molecule is CC(O)c1cc2c3c(ccc2n1S(=O)(=O)c1ccccc1)OCCN(C)C3. The number of aliphatic hydroxyl groups is 1. The van der Waals surface area contributed by atoms with Gasteiger partial charge < -0.3 is 9.84 Å². The fraction of sp³-hybridized carbons (Fsp3) is 0.300. The number of hydrogen-bond donors (Lipinski definition) is 1. The second kappa shape index (κ2) is 6.67. The van der Waals surface area contributed by atoms with Crippen molar-refractivity contribution < 1.29 is 18.3 Å². The molecule has 4 rings (SSSR count). The number of aliphatic hydroxyl groups excluding tert-OH is 1. The van der Waals surface area contributed by atoms with Crippen LogP contribution >= 0.6 is 0 Å². The lowest BCUT2D eigenvalue weighted by molar-refractivity contribution is 0.193. The Morgan fingerprint density at radius 3 is 2.59 bits per heavy atom. The number of hydrogen-bond acceptors (Lipinski definition) is 5. The number of nitrogens with zero attached hydrogens (tertiary/aromatic N) is 2. The predicted octanol–water partition coefficient (Wildman–Crippen LogP) is 2.76. The lowest BCUT2D eigenvalue weighted by Gasteiger charge is -2.14. The fourth-order valence-corrected chi connectivity index (χ4v) is 5.14.